The number of hydrogen-bond acceptors (Lipinski definition) is 4. The number of hydrogen-bond donors (Lipinski definition) is 1. The molecule has 0 aromatic carbocycles. The van der Waals surface area contributed by atoms with E-state index in [2.05, 4.69) is 15.3 Å². The Hall–Kier alpha value is -1.32. The molecule has 4 unspecified atom stereocenters. The summed E-state index contributed by atoms with van der Waals surface area (Å²) in [5, 5.41) is 3.56. The molecule has 1 aromatic rings. The molecule has 3 saturated carbocycles. The predicted octanol–water partition coefficient (Wildman–Crippen LogP) is 2.64. The molecule has 0 radical (unpaired) electrons. The molecule has 4 nitrogen and oxygen atoms in total. The van der Waals surface area contributed by atoms with Gasteiger partial charge in [0.25, 0.3) is 0 Å². The van der Waals surface area contributed by atoms with Crippen LogP contribution in [0.15, 0.2) is 6.07 Å². The number of aryl methyl sites for hydroxylation is 1. The normalized spacial score (nSPS) is 38.1. The lowest BCUT2D eigenvalue weighted by atomic mass is 10.0. The molecular formula is C15H21N3O. The van der Waals surface area contributed by atoms with Gasteiger partial charge in [0.1, 0.15) is 0 Å². The molecule has 2 bridgehead atoms. The van der Waals surface area contributed by atoms with Gasteiger partial charge in [0.2, 0.25) is 11.8 Å². The van der Waals surface area contributed by atoms with Crippen LogP contribution >= 0.6 is 0 Å². The van der Waals surface area contributed by atoms with Crippen molar-refractivity contribution in [2.24, 2.45) is 23.7 Å². The van der Waals surface area contributed by atoms with E-state index < -0.39 is 0 Å². The standard InChI is InChI=1S/C15H21N3O/c1-3-19-11-6-8(2)16-15(17-11)18-14-12-9-4-5-10(7-9)13(12)14/h6,9-10,12-14H,3-5,7H2,1-2H3,(H,16,17,18). The van der Waals surface area contributed by atoms with E-state index in [1.54, 1.807) is 0 Å². The van der Waals surface area contributed by atoms with E-state index in [9.17, 15) is 0 Å². The summed E-state index contributed by atoms with van der Waals surface area (Å²) in [6.07, 6.45) is 4.37. The Morgan fingerprint density at radius 1 is 1.26 bits per heavy atom. The fourth-order valence-corrected chi connectivity index (χ4v) is 4.49. The summed E-state index contributed by atoms with van der Waals surface area (Å²) >= 11 is 0. The maximum atomic E-state index is 5.49. The molecule has 3 fully saturated rings. The minimum atomic E-state index is 0.627. The zero-order chi connectivity index (χ0) is 13.0. The average molecular weight is 259 g/mol. The highest BCUT2D eigenvalue weighted by atomic mass is 16.5. The Kier molecular flexibility index (Phi) is 2.47. The largest absolute Gasteiger partial charge is 0.478 e. The molecule has 102 valence electrons. The minimum absolute atomic E-state index is 0.627. The topological polar surface area (TPSA) is 47.0 Å². The van der Waals surface area contributed by atoms with E-state index >= 15 is 0 Å². The summed E-state index contributed by atoms with van der Waals surface area (Å²) in [6, 6.07) is 2.52. The second-order valence-corrected chi connectivity index (χ2v) is 6.26. The van der Waals surface area contributed by atoms with Crippen LogP contribution in [-0.2, 0) is 0 Å². The van der Waals surface area contributed by atoms with Gasteiger partial charge in [-0.05, 0) is 56.8 Å². The highest BCUT2D eigenvalue weighted by Gasteiger charge is 2.65. The van der Waals surface area contributed by atoms with E-state index in [0.717, 1.165) is 35.3 Å². The average Bonchev–Trinajstić information content (AvgIpc) is 2.78. The summed E-state index contributed by atoms with van der Waals surface area (Å²) in [6.45, 7) is 4.62. The quantitative estimate of drug-likeness (QED) is 0.903. The SMILES string of the molecule is CCOc1cc(C)nc(NC2C3C4CCC(C4)C23)n1. The minimum Gasteiger partial charge on any atom is -0.478 e. The van der Waals surface area contributed by atoms with Crippen LogP contribution < -0.4 is 10.1 Å². The highest BCUT2D eigenvalue weighted by Crippen LogP contribution is 2.66. The van der Waals surface area contributed by atoms with E-state index in [1.807, 2.05) is 19.9 Å². The lowest BCUT2D eigenvalue weighted by molar-refractivity contribution is 0.326. The van der Waals surface area contributed by atoms with Crippen LogP contribution in [0.25, 0.3) is 0 Å². The van der Waals surface area contributed by atoms with Crippen molar-refractivity contribution in [3.8, 4) is 5.88 Å². The third-order valence-corrected chi connectivity index (χ3v) is 5.15. The zero-order valence-electron chi connectivity index (χ0n) is 11.6. The van der Waals surface area contributed by atoms with Crippen molar-refractivity contribution in [1.29, 1.82) is 0 Å². The Labute approximate surface area is 114 Å². The number of nitrogens with one attached hydrogen (secondary N) is 1. The molecule has 0 saturated heterocycles. The van der Waals surface area contributed by atoms with Gasteiger partial charge in [0, 0.05) is 17.8 Å². The first kappa shape index (κ1) is 11.5. The molecule has 0 aliphatic heterocycles. The molecule has 0 amide bonds. The molecular weight excluding hydrogens is 238 g/mol. The molecule has 4 heteroatoms. The Morgan fingerprint density at radius 3 is 2.68 bits per heavy atom. The molecule has 4 atom stereocenters. The van der Waals surface area contributed by atoms with Crippen molar-refractivity contribution in [2.75, 3.05) is 11.9 Å². The Morgan fingerprint density at radius 2 is 2.00 bits per heavy atom. The third kappa shape index (κ3) is 1.80. The maximum Gasteiger partial charge on any atom is 0.226 e. The maximum absolute atomic E-state index is 5.49. The smallest absolute Gasteiger partial charge is 0.226 e. The molecule has 1 heterocycles. The third-order valence-electron chi connectivity index (χ3n) is 5.15. The monoisotopic (exact) mass is 259 g/mol. The van der Waals surface area contributed by atoms with Crippen molar-refractivity contribution in [2.45, 2.75) is 39.2 Å². The summed E-state index contributed by atoms with van der Waals surface area (Å²) in [5.74, 6) is 5.19. The summed E-state index contributed by atoms with van der Waals surface area (Å²) < 4.78 is 5.49. The van der Waals surface area contributed by atoms with Gasteiger partial charge < -0.3 is 10.1 Å². The van der Waals surface area contributed by atoms with Gasteiger partial charge >= 0.3 is 0 Å². The molecule has 0 spiro atoms. The van der Waals surface area contributed by atoms with Crippen LogP contribution in [0.2, 0.25) is 0 Å². The first-order valence-corrected chi connectivity index (χ1v) is 7.51. The van der Waals surface area contributed by atoms with Crippen LogP contribution in [0.4, 0.5) is 5.95 Å². The van der Waals surface area contributed by atoms with E-state index in [-0.39, 0.29) is 0 Å². The lowest BCUT2D eigenvalue weighted by Crippen LogP contribution is -2.15. The zero-order valence-corrected chi connectivity index (χ0v) is 11.6. The van der Waals surface area contributed by atoms with Crippen LogP contribution in [0.3, 0.4) is 0 Å². The van der Waals surface area contributed by atoms with Crippen LogP contribution in [0.5, 0.6) is 5.88 Å². The first-order valence-electron chi connectivity index (χ1n) is 7.51. The van der Waals surface area contributed by atoms with Gasteiger partial charge in [-0.2, -0.15) is 4.98 Å². The van der Waals surface area contributed by atoms with Gasteiger partial charge in [-0.25, -0.2) is 4.98 Å². The highest BCUT2D eigenvalue weighted by molar-refractivity contribution is 5.37. The molecule has 3 aliphatic rings. The number of anilines is 1. The van der Waals surface area contributed by atoms with Crippen LogP contribution in [-0.4, -0.2) is 22.6 Å². The second kappa shape index (κ2) is 4.09. The van der Waals surface area contributed by atoms with Gasteiger partial charge in [-0.1, -0.05) is 0 Å². The van der Waals surface area contributed by atoms with E-state index in [0.29, 0.717) is 18.5 Å². The molecule has 1 aromatic heterocycles. The number of nitrogens with zero attached hydrogens (tertiary/aromatic N) is 2. The van der Waals surface area contributed by atoms with Crippen molar-refractivity contribution in [3.05, 3.63) is 11.8 Å². The Bertz CT molecular complexity index is 488. The first-order chi connectivity index (χ1) is 9.26. The van der Waals surface area contributed by atoms with Gasteiger partial charge in [-0.3, -0.25) is 0 Å². The van der Waals surface area contributed by atoms with Crippen LogP contribution in [0.1, 0.15) is 31.9 Å². The lowest BCUT2D eigenvalue weighted by Gasteiger charge is -2.12. The van der Waals surface area contributed by atoms with Gasteiger partial charge in [0.05, 0.1) is 6.61 Å². The Balaban J connectivity index is 1.49. The summed E-state index contributed by atoms with van der Waals surface area (Å²) in [4.78, 5) is 8.95. The fraction of sp³-hybridized carbons (Fsp3) is 0.733. The molecule has 19 heavy (non-hydrogen) atoms. The number of rotatable bonds is 4. The van der Waals surface area contributed by atoms with Gasteiger partial charge in [0.15, 0.2) is 0 Å². The van der Waals surface area contributed by atoms with E-state index in [1.165, 1.54) is 19.3 Å². The summed E-state index contributed by atoms with van der Waals surface area (Å²) in [7, 11) is 0. The number of aromatic nitrogens is 2. The van der Waals surface area contributed by atoms with Crippen molar-refractivity contribution < 1.29 is 4.74 Å². The van der Waals surface area contributed by atoms with Crippen molar-refractivity contribution in [3.63, 3.8) is 0 Å². The van der Waals surface area contributed by atoms with Crippen molar-refractivity contribution in [1.82, 2.24) is 9.97 Å². The van der Waals surface area contributed by atoms with Crippen LogP contribution in [0, 0.1) is 30.6 Å². The molecule has 4 rings (SSSR count). The van der Waals surface area contributed by atoms with Gasteiger partial charge in [-0.15, -0.1) is 0 Å². The number of fused-ring (bicyclic) bond motifs is 5. The molecule has 1 N–H and O–H groups in total. The fourth-order valence-electron chi connectivity index (χ4n) is 4.49. The molecule has 3 aliphatic carbocycles. The predicted molar refractivity (Wildman–Crippen MR) is 73.2 cm³/mol. The van der Waals surface area contributed by atoms with Crippen molar-refractivity contribution >= 4 is 5.95 Å². The summed E-state index contributed by atoms with van der Waals surface area (Å²) in [5.41, 5.74) is 0.967. The number of ether oxygens (including phenoxy) is 1. The van der Waals surface area contributed by atoms with E-state index in [4.69, 9.17) is 4.74 Å². The second-order valence-electron chi connectivity index (χ2n) is 6.26.